The second-order valence-corrected chi connectivity index (χ2v) is 5.12. The molecule has 1 unspecified atom stereocenters. The van der Waals surface area contributed by atoms with Crippen molar-refractivity contribution >= 4 is 11.7 Å². The van der Waals surface area contributed by atoms with E-state index in [1.54, 1.807) is 24.1 Å². The van der Waals surface area contributed by atoms with Gasteiger partial charge in [0, 0.05) is 19.8 Å². The summed E-state index contributed by atoms with van der Waals surface area (Å²) in [5.74, 6) is 0. The van der Waals surface area contributed by atoms with Crippen molar-refractivity contribution in [1.29, 1.82) is 0 Å². The van der Waals surface area contributed by atoms with Gasteiger partial charge in [-0.1, -0.05) is 20.8 Å². The molecule has 0 aliphatic rings. The van der Waals surface area contributed by atoms with E-state index in [4.69, 9.17) is 0 Å². The molecule has 0 saturated heterocycles. The molecule has 6 heteroatoms. The molecule has 2 amide bonds. The van der Waals surface area contributed by atoms with Crippen LogP contribution >= 0.6 is 0 Å². The van der Waals surface area contributed by atoms with Crippen LogP contribution in [0.15, 0.2) is 12.4 Å². The lowest BCUT2D eigenvalue weighted by Crippen LogP contribution is -2.40. The Hall–Kier alpha value is -1.56. The highest BCUT2D eigenvalue weighted by Gasteiger charge is 2.22. The fourth-order valence-corrected chi connectivity index (χ4v) is 1.16. The van der Waals surface area contributed by atoms with Gasteiger partial charge in [0.15, 0.2) is 0 Å². The van der Waals surface area contributed by atoms with Gasteiger partial charge in [-0.25, -0.2) is 4.79 Å². The van der Waals surface area contributed by atoms with Crippen molar-refractivity contribution < 1.29 is 9.90 Å². The van der Waals surface area contributed by atoms with Crippen LogP contribution in [-0.4, -0.2) is 33.6 Å². The summed E-state index contributed by atoms with van der Waals surface area (Å²) in [6, 6.07) is -0.346. The van der Waals surface area contributed by atoms with E-state index in [9.17, 15) is 9.90 Å². The van der Waals surface area contributed by atoms with E-state index in [0.717, 1.165) is 0 Å². The Kier molecular flexibility index (Phi) is 4.11. The van der Waals surface area contributed by atoms with Crippen molar-refractivity contribution in [1.82, 2.24) is 15.1 Å². The number of carbonyl (C=O) groups is 1. The maximum absolute atomic E-state index is 11.5. The van der Waals surface area contributed by atoms with Crippen molar-refractivity contribution in [2.45, 2.75) is 26.9 Å². The Bertz CT molecular complexity index is 381. The van der Waals surface area contributed by atoms with Crippen molar-refractivity contribution in [2.75, 3.05) is 11.9 Å². The van der Waals surface area contributed by atoms with Gasteiger partial charge in [-0.2, -0.15) is 5.10 Å². The maximum Gasteiger partial charge on any atom is 0.319 e. The van der Waals surface area contributed by atoms with Crippen LogP contribution in [0, 0.1) is 5.41 Å². The number of aryl methyl sites for hydroxylation is 1. The molecular weight excluding hydrogens is 220 g/mol. The average molecular weight is 240 g/mol. The van der Waals surface area contributed by atoms with Crippen molar-refractivity contribution in [3.8, 4) is 0 Å². The van der Waals surface area contributed by atoms with Crippen LogP contribution in [0.25, 0.3) is 0 Å². The van der Waals surface area contributed by atoms with Crippen LogP contribution in [0.3, 0.4) is 0 Å². The summed E-state index contributed by atoms with van der Waals surface area (Å²) in [5, 5.41) is 18.9. The third kappa shape index (κ3) is 4.44. The van der Waals surface area contributed by atoms with Crippen molar-refractivity contribution in [3.63, 3.8) is 0 Å². The number of nitrogens with one attached hydrogen (secondary N) is 2. The molecule has 0 saturated carbocycles. The molecule has 1 rings (SSSR count). The molecule has 0 aliphatic heterocycles. The lowest BCUT2D eigenvalue weighted by molar-refractivity contribution is 0.0654. The van der Waals surface area contributed by atoms with Crippen LogP contribution in [-0.2, 0) is 7.05 Å². The van der Waals surface area contributed by atoms with Gasteiger partial charge in [0.2, 0.25) is 0 Å². The number of carbonyl (C=O) groups excluding carboxylic acids is 1. The zero-order valence-electron chi connectivity index (χ0n) is 10.7. The van der Waals surface area contributed by atoms with E-state index in [1.807, 2.05) is 20.8 Å². The summed E-state index contributed by atoms with van der Waals surface area (Å²) >= 11 is 0. The van der Waals surface area contributed by atoms with E-state index < -0.39 is 6.10 Å². The number of rotatable bonds is 3. The molecule has 3 N–H and O–H groups in total. The Morgan fingerprint density at radius 1 is 1.59 bits per heavy atom. The van der Waals surface area contributed by atoms with Gasteiger partial charge in [-0.3, -0.25) is 4.68 Å². The van der Waals surface area contributed by atoms with E-state index in [0.29, 0.717) is 5.69 Å². The average Bonchev–Trinajstić information content (AvgIpc) is 2.58. The number of urea groups is 1. The number of aliphatic hydroxyl groups excluding tert-OH is 1. The first-order valence-electron chi connectivity index (χ1n) is 5.50. The Morgan fingerprint density at radius 3 is 2.71 bits per heavy atom. The van der Waals surface area contributed by atoms with E-state index in [-0.39, 0.29) is 18.0 Å². The third-order valence-corrected chi connectivity index (χ3v) is 2.42. The highest BCUT2D eigenvalue weighted by Crippen LogP contribution is 2.18. The van der Waals surface area contributed by atoms with E-state index >= 15 is 0 Å². The molecule has 1 atom stereocenters. The summed E-state index contributed by atoms with van der Waals surface area (Å²) in [7, 11) is 1.77. The van der Waals surface area contributed by atoms with Gasteiger partial charge in [-0.05, 0) is 5.41 Å². The molecular formula is C11H20N4O2. The van der Waals surface area contributed by atoms with Crippen LogP contribution < -0.4 is 10.6 Å². The number of aromatic nitrogens is 2. The van der Waals surface area contributed by atoms with E-state index in [1.165, 1.54) is 0 Å². The SMILES string of the molecule is Cn1cc(NC(=O)NCC(O)C(C)(C)C)cn1. The van der Waals surface area contributed by atoms with Crippen molar-refractivity contribution in [3.05, 3.63) is 12.4 Å². The first kappa shape index (κ1) is 13.5. The molecule has 0 spiro atoms. The Labute approximate surface area is 101 Å². The van der Waals surface area contributed by atoms with Gasteiger partial charge in [-0.15, -0.1) is 0 Å². The number of hydrogen-bond donors (Lipinski definition) is 3. The number of aliphatic hydroxyl groups is 1. The fraction of sp³-hybridized carbons (Fsp3) is 0.636. The second-order valence-electron chi connectivity index (χ2n) is 5.12. The quantitative estimate of drug-likeness (QED) is 0.736. The molecule has 6 nitrogen and oxygen atoms in total. The van der Waals surface area contributed by atoms with Crippen LogP contribution in [0.1, 0.15) is 20.8 Å². The predicted molar refractivity (Wildman–Crippen MR) is 65.7 cm³/mol. The zero-order chi connectivity index (χ0) is 13.1. The maximum atomic E-state index is 11.5. The minimum absolute atomic E-state index is 0.218. The summed E-state index contributed by atoms with van der Waals surface area (Å²) in [6.45, 7) is 5.96. The molecule has 17 heavy (non-hydrogen) atoms. The standard InChI is InChI=1S/C11H20N4O2/c1-11(2,3)9(16)6-12-10(17)14-8-5-13-15(4)7-8/h5,7,9,16H,6H2,1-4H3,(H2,12,14,17). The molecule has 1 heterocycles. The number of anilines is 1. The highest BCUT2D eigenvalue weighted by molar-refractivity contribution is 5.88. The van der Waals surface area contributed by atoms with Crippen molar-refractivity contribution in [2.24, 2.45) is 12.5 Å². The molecule has 0 fully saturated rings. The first-order chi connectivity index (χ1) is 7.79. The Morgan fingerprint density at radius 2 is 2.24 bits per heavy atom. The van der Waals surface area contributed by atoms with Gasteiger partial charge in [0.1, 0.15) is 0 Å². The highest BCUT2D eigenvalue weighted by atomic mass is 16.3. The number of nitrogens with zero attached hydrogens (tertiary/aromatic N) is 2. The van der Waals surface area contributed by atoms with Gasteiger partial charge in [0.05, 0.1) is 18.0 Å². The number of amides is 2. The van der Waals surface area contributed by atoms with Gasteiger partial charge in [0.25, 0.3) is 0 Å². The summed E-state index contributed by atoms with van der Waals surface area (Å²) < 4.78 is 1.60. The summed E-state index contributed by atoms with van der Waals surface area (Å²) in [5.41, 5.74) is 0.372. The fourth-order valence-electron chi connectivity index (χ4n) is 1.16. The molecule has 0 bridgehead atoms. The predicted octanol–water partition coefficient (Wildman–Crippen LogP) is 0.949. The number of hydrogen-bond acceptors (Lipinski definition) is 3. The summed E-state index contributed by atoms with van der Waals surface area (Å²) in [6.07, 6.45) is 2.67. The smallest absolute Gasteiger partial charge is 0.319 e. The topological polar surface area (TPSA) is 79.2 Å². The van der Waals surface area contributed by atoms with Crippen LogP contribution in [0.5, 0.6) is 0 Å². The molecule has 1 aromatic heterocycles. The monoisotopic (exact) mass is 240 g/mol. The van der Waals surface area contributed by atoms with Crippen LogP contribution in [0.4, 0.5) is 10.5 Å². The third-order valence-electron chi connectivity index (χ3n) is 2.42. The molecule has 96 valence electrons. The van der Waals surface area contributed by atoms with Gasteiger partial charge >= 0.3 is 6.03 Å². The first-order valence-corrected chi connectivity index (χ1v) is 5.50. The molecule has 0 aromatic carbocycles. The van der Waals surface area contributed by atoms with E-state index in [2.05, 4.69) is 15.7 Å². The minimum Gasteiger partial charge on any atom is -0.391 e. The molecule has 0 radical (unpaired) electrons. The van der Waals surface area contributed by atoms with Crippen LogP contribution in [0.2, 0.25) is 0 Å². The Balaban J connectivity index is 2.36. The lowest BCUT2D eigenvalue weighted by Gasteiger charge is -2.25. The second kappa shape index (κ2) is 5.18. The lowest BCUT2D eigenvalue weighted by atomic mass is 9.89. The molecule has 1 aromatic rings. The largest absolute Gasteiger partial charge is 0.391 e. The summed E-state index contributed by atoms with van der Waals surface area (Å²) in [4.78, 5) is 11.5. The zero-order valence-corrected chi connectivity index (χ0v) is 10.7. The van der Waals surface area contributed by atoms with Gasteiger partial charge < -0.3 is 15.7 Å². The minimum atomic E-state index is -0.581. The molecule has 0 aliphatic carbocycles. The normalized spacial score (nSPS) is 13.2.